The Hall–Kier alpha value is -0.190. The van der Waals surface area contributed by atoms with Crippen molar-refractivity contribution in [2.24, 2.45) is 5.92 Å². The third-order valence-corrected chi connectivity index (χ3v) is 4.71. The van der Waals surface area contributed by atoms with Crippen LogP contribution in [0.25, 0.3) is 0 Å². The largest absolute Gasteiger partial charge is 0.492 e. The van der Waals surface area contributed by atoms with Crippen LogP contribution in [0, 0.1) is 5.92 Å². The van der Waals surface area contributed by atoms with Crippen molar-refractivity contribution < 1.29 is 4.74 Å². The highest BCUT2D eigenvalue weighted by Gasteiger charge is 2.12. The molecule has 1 aromatic rings. The van der Waals surface area contributed by atoms with Crippen molar-refractivity contribution in [3.05, 3.63) is 28.7 Å². The fourth-order valence-electron chi connectivity index (χ4n) is 2.03. The highest BCUT2D eigenvalue weighted by atomic mass is 79.9. The van der Waals surface area contributed by atoms with Gasteiger partial charge < -0.3 is 10.1 Å². The van der Waals surface area contributed by atoms with Crippen LogP contribution in [0.1, 0.15) is 12.8 Å². The van der Waals surface area contributed by atoms with Crippen molar-refractivity contribution in [1.29, 1.82) is 0 Å². The molecule has 1 aliphatic rings. The minimum absolute atomic E-state index is 0.739. The van der Waals surface area contributed by atoms with Crippen LogP contribution in [0.15, 0.2) is 28.7 Å². The van der Waals surface area contributed by atoms with E-state index in [0.29, 0.717) is 0 Å². The summed E-state index contributed by atoms with van der Waals surface area (Å²) in [4.78, 5) is 0. The Kier molecular flexibility index (Phi) is 6.38. The van der Waals surface area contributed by atoms with Gasteiger partial charge in [-0.1, -0.05) is 15.9 Å². The average Bonchev–Trinajstić information content (AvgIpc) is 2.42. The van der Waals surface area contributed by atoms with Gasteiger partial charge in [-0.2, -0.15) is 11.8 Å². The summed E-state index contributed by atoms with van der Waals surface area (Å²) in [7, 11) is 0. The van der Waals surface area contributed by atoms with Gasteiger partial charge in [-0.15, -0.1) is 0 Å². The molecule has 2 nitrogen and oxygen atoms in total. The molecule has 0 unspecified atom stereocenters. The Morgan fingerprint density at radius 2 is 1.94 bits per heavy atom. The van der Waals surface area contributed by atoms with Crippen LogP contribution in [0.2, 0.25) is 0 Å². The van der Waals surface area contributed by atoms with Crippen molar-refractivity contribution in [3.8, 4) is 5.75 Å². The molecule has 4 heteroatoms. The summed E-state index contributed by atoms with van der Waals surface area (Å²) in [6.07, 6.45) is 2.73. The van der Waals surface area contributed by atoms with Gasteiger partial charge in [-0.25, -0.2) is 0 Å². The molecule has 1 aromatic carbocycles. The fourth-order valence-corrected chi connectivity index (χ4v) is 3.50. The highest BCUT2D eigenvalue weighted by molar-refractivity contribution is 9.10. The van der Waals surface area contributed by atoms with Gasteiger partial charge in [0.25, 0.3) is 0 Å². The van der Waals surface area contributed by atoms with Crippen LogP contribution in [0.3, 0.4) is 0 Å². The monoisotopic (exact) mass is 329 g/mol. The molecule has 1 fully saturated rings. The van der Waals surface area contributed by atoms with Crippen LogP contribution in [0.5, 0.6) is 5.75 Å². The number of benzene rings is 1. The number of nitrogens with one attached hydrogen (secondary N) is 1. The van der Waals surface area contributed by atoms with Crippen LogP contribution in [-0.2, 0) is 0 Å². The van der Waals surface area contributed by atoms with E-state index in [2.05, 4.69) is 33.0 Å². The van der Waals surface area contributed by atoms with E-state index in [1.807, 2.05) is 24.3 Å². The van der Waals surface area contributed by atoms with E-state index < -0.39 is 0 Å². The van der Waals surface area contributed by atoms with Gasteiger partial charge in [-0.05, 0) is 61.1 Å². The van der Waals surface area contributed by atoms with Crippen molar-refractivity contribution in [2.45, 2.75) is 12.8 Å². The van der Waals surface area contributed by atoms with Crippen LogP contribution < -0.4 is 10.1 Å². The topological polar surface area (TPSA) is 21.3 Å². The number of thioether (sulfide) groups is 1. The van der Waals surface area contributed by atoms with Gasteiger partial charge in [-0.3, -0.25) is 0 Å². The van der Waals surface area contributed by atoms with Gasteiger partial charge in [0, 0.05) is 11.0 Å². The molecule has 18 heavy (non-hydrogen) atoms. The second-order valence-corrected chi connectivity index (χ2v) is 6.70. The number of rotatable bonds is 6. The highest BCUT2D eigenvalue weighted by Crippen LogP contribution is 2.21. The van der Waals surface area contributed by atoms with Crippen LogP contribution in [0.4, 0.5) is 0 Å². The minimum Gasteiger partial charge on any atom is -0.492 e. The Morgan fingerprint density at radius 3 is 2.67 bits per heavy atom. The molecule has 1 N–H and O–H groups in total. The second-order valence-electron chi connectivity index (χ2n) is 4.56. The summed E-state index contributed by atoms with van der Waals surface area (Å²) in [6, 6.07) is 7.98. The molecule has 0 amide bonds. The molecular formula is C14H20BrNOS. The first-order valence-corrected chi connectivity index (χ1v) is 8.46. The van der Waals surface area contributed by atoms with E-state index in [1.54, 1.807) is 0 Å². The summed E-state index contributed by atoms with van der Waals surface area (Å²) >= 11 is 5.50. The third kappa shape index (κ3) is 5.21. The van der Waals surface area contributed by atoms with E-state index >= 15 is 0 Å². The van der Waals surface area contributed by atoms with Gasteiger partial charge in [0.2, 0.25) is 0 Å². The van der Waals surface area contributed by atoms with Gasteiger partial charge in [0.05, 0.1) is 0 Å². The first kappa shape index (κ1) is 14.2. The van der Waals surface area contributed by atoms with Crippen molar-refractivity contribution in [3.63, 3.8) is 0 Å². The van der Waals surface area contributed by atoms with E-state index in [1.165, 1.54) is 24.3 Å². The van der Waals surface area contributed by atoms with Gasteiger partial charge in [0.1, 0.15) is 12.4 Å². The molecule has 1 heterocycles. The second kappa shape index (κ2) is 8.08. The van der Waals surface area contributed by atoms with Crippen molar-refractivity contribution >= 4 is 27.7 Å². The summed E-state index contributed by atoms with van der Waals surface area (Å²) in [5, 5.41) is 3.49. The summed E-state index contributed by atoms with van der Waals surface area (Å²) < 4.78 is 6.75. The molecule has 100 valence electrons. The lowest BCUT2D eigenvalue weighted by atomic mass is 10.0. The van der Waals surface area contributed by atoms with Crippen molar-refractivity contribution in [2.75, 3.05) is 31.2 Å². The Bertz CT molecular complexity index is 338. The predicted molar refractivity (Wildman–Crippen MR) is 82.6 cm³/mol. The third-order valence-electron chi connectivity index (χ3n) is 3.14. The summed E-state index contributed by atoms with van der Waals surface area (Å²) in [5.41, 5.74) is 0. The molecule has 0 atom stereocenters. The molecule has 0 aliphatic carbocycles. The number of hydrogen-bond acceptors (Lipinski definition) is 3. The predicted octanol–water partition coefficient (Wildman–Crippen LogP) is 3.56. The molecule has 0 spiro atoms. The maximum atomic E-state index is 5.66. The lowest BCUT2D eigenvalue weighted by Crippen LogP contribution is -2.29. The zero-order valence-corrected chi connectivity index (χ0v) is 12.9. The van der Waals surface area contributed by atoms with E-state index in [0.717, 1.165) is 35.8 Å². The van der Waals surface area contributed by atoms with Crippen LogP contribution >= 0.6 is 27.7 Å². The van der Waals surface area contributed by atoms with E-state index in [9.17, 15) is 0 Å². The van der Waals surface area contributed by atoms with Crippen LogP contribution in [-0.4, -0.2) is 31.2 Å². The molecule has 0 bridgehead atoms. The zero-order chi connectivity index (χ0) is 12.6. The first-order chi connectivity index (χ1) is 8.84. The number of hydrogen-bond donors (Lipinski definition) is 1. The molecule has 1 aliphatic heterocycles. The lowest BCUT2D eigenvalue weighted by molar-refractivity contribution is 0.307. The average molecular weight is 330 g/mol. The lowest BCUT2D eigenvalue weighted by Gasteiger charge is -2.21. The van der Waals surface area contributed by atoms with E-state index in [4.69, 9.17) is 4.74 Å². The van der Waals surface area contributed by atoms with E-state index in [-0.39, 0.29) is 0 Å². The summed E-state index contributed by atoms with van der Waals surface area (Å²) in [6.45, 7) is 2.81. The quantitative estimate of drug-likeness (QED) is 0.806. The zero-order valence-electron chi connectivity index (χ0n) is 10.5. The molecule has 1 saturated heterocycles. The first-order valence-electron chi connectivity index (χ1n) is 6.51. The maximum Gasteiger partial charge on any atom is 0.119 e. The maximum absolute atomic E-state index is 5.66. The molecule has 0 saturated carbocycles. The molecular weight excluding hydrogens is 310 g/mol. The molecule has 0 radical (unpaired) electrons. The van der Waals surface area contributed by atoms with Crippen molar-refractivity contribution in [1.82, 2.24) is 5.32 Å². The molecule has 0 aromatic heterocycles. The molecule has 2 rings (SSSR count). The fraction of sp³-hybridized carbons (Fsp3) is 0.571. The smallest absolute Gasteiger partial charge is 0.119 e. The normalized spacial score (nSPS) is 16.7. The Balaban J connectivity index is 1.54. The Labute approximate surface area is 122 Å². The number of ether oxygens (including phenoxy) is 1. The SMILES string of the molecule is Brc1ccc(OCCNCC2CCSCC2)cc1. The standard InChI is InChI=1S/C14H20BrNOS/c15-13-1-3-14(4-2-13)17-8-7-16-11-12-5-9-18-10-6-12/h1-4,12,16H,5-11H2. The minimum atomic E-state index is 0.739. The summed E-state index contributed by atoms with van der Waals surface area (Å²) in [5.74, 6) is 4.48. The van der Waals surface area contributed by atoms with Gasteiger partial charge >= 0.3 is 0 Å². The number of halogens is 1. The Morgan fingerprint density at radius 1 is 1.22 bits per heavy atom. The van der Waals surface area contributed by atoms with Gasteiger partial charge in [0.15, 0.2) is 0 Å².